The number of carbonyl (C=O) groups excluding carboxylic acids is 1. The lowest BCUT2D eigenvalue weighted by atomic mass is 9.87. The molecule has 1 aliphatic carbocycles. The molecule has 2 aliphatic rings. The first kappa shape index (κ1) is 14.8. The first-order valence-electron chi connectivity index (χ1n) is 7.98. The highest BCUT2D eigenvalue weighted by atomic mass is 16.1. The third-order valence-electron chi connectivity index (χ3n) is 4.68. The van der Waals surface area contributed by atoms with Crippen LogP contribution in [-0.4, -0.2) is 43.0 Å². The zero-order chi connectivity index (χ0) is 13.5. The number of nitrogens with zero attached hydrogens (tertiary/aromatic N) is 1. The maximum absolute atomic E-state index is 10.9. The summed E-state index contributed by atoms with van der Waals surface area (Å²) in [5, 5.41) is 3.70. The fraction of sp³-hybridized carbons (Fsp3) is 0.933. The van der Waals surface area contributed by atoms with E-state index in [4.69, 9.17) is 5.73 Å². The summed E-state index contributed by atoms with van der Waals surface area (Å²) in [6, 6.07) is 0.646. The Labute approximate surface area is 117 Å². The van der Waals surface area contributed by atoms with Crippen molar-refractivity contribution in [2.75, 3.05) is 26.2 Å². The average Bonchev–Trinajstić information content (AvgIpc) is 2.41. The number of amides is 1. The predicted molar refractivity (Wildman–Crippen MR) is 77.9 cm³/mol. The molecule has 4 heteroatoms. The van der Waals surface area contributed by atoms with Crippen LogP contribution >= 0.6 is 0 Å². The van der Waals surface area contributed by atoms with E-state index < -0.39 is 0 Å². The summed E-state index contributed by atoms with van der Waals surface area (Å²) in [7, 11) is 0. The number of hydrogen-bond donors (Lipinski definition) is 2. The van der Waals surface area contributed by atoms with E-state index in [0.717, 1.165) is 31.8 Å². The van der Waals surface area contributed by atoms with E-state index in [9.17, 15) is 4.79 Å². The Hall–Kier alpha value is -0.610. The fourth-order valence-corrected chi connectivity index (χ4v) is 3.48. The Morgan fingerprint density at radius 3 is 2.42 bits per heavy atom. The molecule has 0 unspecified atom stereocenters. The molecule has 1 heterocycles. The number of nitrogens with two attached hydrogens (primary N) is 1. The Morgan fingerprint density at radius 2 is 1.79 bits per heavy atom. The van der Waals surface area contributed by atoms with Crippen LogP contribution in [0.3, 0.4) is 0 Å². The first-order chi connectivity index (χ1) is 9.24. The number of nitrogens with one attached hydrogen (secondary N) is 1. The van der Waals surface area contributed by atoms with Crippen LogP contribution in [0.2, 0.25) is 0 Å². The average molecular weight is 267 g/mol. The number of carbonyl (C=O) groups is 1. The molecular formula is C15H29N3O. The molecule has 0 aromatic heterocycles. The lowest BCUT2D eigenvalue weighted by Gasteiger charge is -2.32. The van der Waals surface area contributed by atoms with Crippen LogP contribution in [0.5, 0.6) is 0 Å². The lowest BCUT2D eigenvalue weighted by Crippen LogP contribution is -2.45. The van der Waals surface area contributed by atoms with Crippen LogP contribution < -0.4 is 11.1 Å². The molecule has 110 valence electrons. The molecule has 0 spiro atoms. The van der Waals surface area contributed by atoms with Gasteiger partial charge in [-0.05, 0) is 31.7 Å². The van der Waals surface area contributed by atoms with Gasteiger partial charge in [-0.2, -0.15) is 0 Å². The minimum absolute atomic E-state index is 0.205. The van der Waals surface area contributed by atoms with E-state index in [0.29, 0.717) is 12.6 Å². The molecule has 3 N–H and O–H groups in total. The van der Waals surface area contributed by atoms with Gasteiger partial charge in [-0.25, -0.2) is 0 Å². The molecule has 1 saturated carbocycles. The van der Waals surface area contributed by atoms with E-state index in [1.807, 2.05) is 0 Å². The van der Waals surface area contributed by atoms with E-state index in [1.165, 1.54) is 45.1 Å². The second-order valence-corrected chi connectivity index (χ2v) is 6.26. The largest absolute Gasteiger partial charge is 0.369 e. The van der Waals surface area contributed by atoms with E-state index in [2.05, 4.69) is 10.2 Å². The topological polar surface area (TPSA) is 58.4 Å². The fourth-order valence-electron chi connectivity index (χ4n) is 3.48. The van der Waals surface area contributed by atoms with Crippen LogP contribution in [-0.2, 0) is 4.79 Å². The van der Waals surface area contributed by atoms with Crippen molar-refractivity contribution in [3.8, 4) is 0 Å². The smallest absolute Gasteiger partial charge is 0.231 e. The summed E-state index contributed by atoms with van der Waals surface area (Å²) in [4.78, 5) is 13.0. The highest BCUT2D eigenvalue weighted by molar-refractivity contribution is 5.75. The van der Waals surface area contributed by atoms with Gasteiger partial charge in [0.05, 0.1) is 6.54 Å². The first-order valence-corrected chi connectivity index (χ1v) is 7.98. The molecule has 2 rings (SSSR count). The van der Waals surface area contributed by atoms with Gasteiger partial charge >= 0.3 is 0 Å². The maximum Gasteiger partial charge on any atom is 0.231 e. The molecule has 1 amide bonds. The second-order valence-electron chi connectivity index (χ2n) is 6.26. The predicted octanol–water partition coefficient (Wildman–Crippen LogP) is 1.50. The van der Waals surface area contributed by atoms with Crippen LogP contribution in [0, 0.1) is 5.92 Å². The van der Waals surface area contributed by atoms with Crippen molar-refractivity contribution < 1.29 is 4.79 Å². The SMILES string of the molecule is NC(=O)CN1CCC(NCCC2CCCCC2)CC1. The Balaban J connectivity index is 1.54. The van der Waals surface area contributed by atoms with Gasteiger partial charge in [0.25, 0.3) is 0 Å². The van der Waals surface area contributed by atoms with Crippen LogP contribution in [0.1, 0.15) is 51.4 Å². The minimum Gasteiger partial charge on any atom is -0.369 e. The van der Waals surface area contributed by atoms with Crippen LogP contribution in [0.15, 0.2) is 0 Å². The molecule has 0 bridgehead atoms. The van der Waals surface area contributed by atoms with Gasteiger partial charge in [0, 0.05) is 19.1 Å². The minimum atomic E-state index is -0.205. The molecule has 1 aliphatic heterocycles. The second kappa shape index (κ2) is 7.85. The van der Waals surface area contributed by atoms with Crippen molar-refractivity contribution in [1.29, 1.82) is 0 Å². The Bertz CT molecular complexity index is 269. The molecule has 0 aromatic rings. The van der Waals surface area contributed by atoms with E-state index in [1.54, 1.807) is 0 Å². The standard InChI is InChI=1S/C15H29N3O/c16-15(19)12-18-10-7-14(8-11-18)17-9-6-13-4-2-1-3-5-13/h13-14,17H,1-12H2,(H2,16,19). The van der Waals surface area contributed by atoms with Crippen molar-refractivity contribution in [1.82, 2.24) is 10.2 Å². The van der Waals surface area contributed by atoms with Gasteiger partial charge in [-0.15, -0.1) is 0 Å². The molecule has 1 saturated heterocycles. The summed E-state index contributed by atoms with van der Waals surface area (Å²) in [5.41, 5.74) is 5.22. The van der Waals surface area contributed by atoms with E-state index in [-0.39, 0.29) is 5.91 Å². The summed E-state index contributed by atoms with van der Waals surface area (Å²) in [6.45, 7) is 3.61. The van der Waals surface area contributed by atoms with Crippen molar-refractivity contribution in [2.24, 2.45) is 11.7 Å². The summed E-state index contributed by atoms with van der Waals surface area (Å²) < 4.78 is 0. The normalized spacial score (nSPS) is 23.6. The molecule has 19 heavy (non-hydrogen) atoms. The van der Waals surface area contributed by atoms with Crippen LogP contribution in [0.25, 0.3) is 0 Å². The highest BCUT2D eigenvalue weighted by Crippen LogP contribution is 2.25. The van der Waals surface area contributed by atoms with Gasteiger partial charge in [0.2, 0.25) is 5.91 Å². The molecule has 0 aromatic carbocycles. The maximum atomic E-state index is 10.9. The number of rotatable bonds is 6. The lowest BCUT2D eigenvalue weighted by molar-refractivity contribution is -0.119. The van der Waals surface area contributed by atoms with Gasteiger partial charge < -0.3 is 11.1 Å². The van der Waals surface area contributed by atoms with Gasteiger partial charge in [0.15, 0.2) is 0 Å². The number of primary amides is 1. The van der Waals surface area contributed by atoms with Crippen molar-refractivity contribution >= 4 is 5.91 Å². The zero-order valence-corrected chi connectivity index (χ0v) is 12.1. The Kier molecular flexibility index (Phi) is 6.11. The van der Waals surface area contributed by atoms with Crippen molar-refractivity contribution in [3.63, 3.8) is 0 Å². The number of likely N-dealkylation sites (tertiary alicyclic amines) is 1. The van der Waals surface area contributed by atoms with Gasteiger partial charge in [-0.1, -0.05) is 32.1 Å². The molecule has 4 nitrogen and oxygen atoms in total. The zero-order valence-electron chi connectivity index (χ0n) is 12.1. The molecule has 0 atom stereocenters. The number of piperidine rings is 1. The monoisotopic (exact) mass is 267 g/mol. The third-order valence-corrected chi connectivity index (χ3v) is 4.68. The highest BCUT2D eigenvalue weighted by Gasteiger charge is 2.20. The third kappa shape index (κ3) is 5.49. The molecule has 0 radical (unpaired) electrons. The molecule has 2 fully saturated rings. The van der Waals surface area contributed by atoms with Crippen molar-refractivity contribution in [3.05, 3.63) is 0 Å². The number of hydrogen-bond acceptors (Lipinski definition) is 3. The van der Waals surface area contributed by atoms with Gasteiger partial charge in [-0.3, -0.25) is 9.69 Å². The Morgan fingerprint density at radius 1 is 1.11 bits per heavy atom. The molecular weight excluding hydrogens is 238 g/mol. The quantitative estimate of drug-likeness (QED) is 0.766. The summed E-state index contributed by atoms with van der Waals surface area (Å²) >= 11 is 0. The van der Waals surface area contributed by atoms with Gasteiger partial charge in [0.1, 0.15) is 0 Å². The van der Waals surface area contributed by atoms with E-state index >= 15 is 0 Å². The summed E-state index contributed by atoms with van der Waals surface area (Å²) in [5.74, 6) is 0.764. The van der Waals surface area contributed by atoms with Crippen LogP contribution in [0.4, 0.5) is 0 Å². The summed E-state index contributed by atoms with van der Waals surface area (Å²) in [6.07, 6.45) is 10.9. The van der Waals surface area contributed by atoms with Crippen molar-refractivity contribution in [2.45, 2.75) is 57.4 Å².